The molecule has 25 heavy (non-hydrogen) atoms. The van der Waals surface area contributed by atoms with Gasteiger partial charge in [-0.25, -0.2) is 4.99 Å². The van der Waals surface area contributed by atoms with Gasteiger partial charge >= 0.3 is 0 Å². The molecule has 5 rings (SSSR count). The number of aromatic nitrogens is 3. The molecule has 0 bridgehead atoms. The molecular weight excluding hydrogens is 316 g/mol. The first-order valence-corrected chi connectivity index (χ1v) is 7.90. The van der Waals surface area contributed by atoms with Gasteiger partial charge in [-0.05, 0) is 18.2 Å². The van der Waals surface area contributed by atoms with Crippen LogP contribution in [0.1, 0.15) is 11.7 Å². The van der Waals surface area contributed by atoms with E-state index in [0.29, 0.717) is 11.3 Å². The van der Waals surface area contributed by atoms with Gasteiger partial charge in [0.05, 0.1) is 10.9 Å². The second-order valence-corrected chi connectivity index (χ2v) is 5.93. The summed E-state index contributed by atoms with van der Waals surface area (Å²) in [5.41, 5.74) is 8.42. The molecule has 2 aromatic heterocycles. The predicted octanol–water partition coefficient (Wildman–Crippen LogP) is 2.16. The van der Waals surface area contributed by atoms with E-state index in [-0.39, 0.29) is 11.5 Å². The smallest absolute Gasteiger partial charge is 0.282 e. The molecule has 0 fully saturated rings. The van der Waals surface area contributed by atoms with Crippen molar-refractivity contribution in [1.29, 1.82) is 0 Å². The number of fused-ring (bicyclic) bond motifs is 4. The lowest BCUT2D eigenvalue weighted by Gasteiger charge is -2.26. The SMILES string of the molecule is NC1=N[C@@H](c2c[nH]c3ccccc23)n2c(nc(=O)c3ccccc32)N1. The normalized spacial score (nSPS) is 16.5. The second kappa shape index (κ2) is 4.94. The first kappa shape index (κ1) is 13.8. The summed E-state index contributed by atoms with van der Waals surface area (Å²) in [6.07, 6.45) is 1.51. The monoisotopic (exact) mass is 330 g/mol. The third kappa shape index (κ3) is 1.96. The van der Waals surface area contributed by atoms with Gasteiger partial charge in [0.2, 0.25) is 5.95 Å². The van der Waals surface area contributed by atoms with E-state index < -0.39 is 6.17 Å². The predicted molar refractivity (Wildman–Crippen MR) is 97.7 cm³/mol. The zero-order valence-corrected chi connectivity index (χ0v) is 13.1. The molecule has 0 unspecified atom stereocenters. The number of rotatable bonds is 1. The molecule has 0 aliphatic carbocycles. The van der Waals surface area contributed by atoms with E-state index >= 15 is 0 Å². The van der Waals surface area contributed by atoms with Crippen molar-refractivity contribution in [2.75, 3.05) is 5.32 Å². The van der Waals surface area contributed by atoms with Gasteiger partial charge in [0.15, 0.2) is 12.1 Å². The average Bonchev–Trinajstić information content (AvgIpc) is 3.05. The van der Waals surface area contributed by atoms with Crippen molar-refractivity contribution in [3.8, 4) is 0 Å². The van der Waals surface area contributed by atoms with Gasteiger partial charge < -0.3 is 10.7 Å². The Morgan fingerprint density at radius 1 is 1.04 bits per heavy atom. The topological polar surface area (TPSA) is 101 Å². The van der Waals surface area contributed by atoms with Gasteiger partial charge in [0.25, 0.3) is 5.56 Å². The van der Waals surface area contributed by atoms with Gasteiger partial charge in [-0.1, -0.05) is 30.3 Å². The second-order valence-electron chi connectivity index (χ2n) is 5.93. The molecule has 3 heterocycles. The van der Waals surface area contributed by atoms with Crippen LogP contribution in [0.3, 0.4) is 0 Å². The molecule has 0 saturated carbocycles. The lowest BCUT2D eigenvalue weighted by molar-refractivity contribution is 0.620. The Morgan fingerprint density at radius 3 is 2.68 bits per heavy atom. The number of aliphatic imine (C=N–C) groups is 1. The number of hydrogen-bond donors (Lipinski definition) is 3. The third-order valence-electron chi connectivity index (χ3n) is 4.47. The third-order valence-corrected chi connectivity index (χ3v) is 4.47. The molecule has 7 heteroatoms. The largest absolute Gasteiger partial charge is 0.370 e. The fourth-order valence-corrected chi connectivity index (χ4v) is 3.38. The molecule has 1 aliphatic rings. The Hall–Kier alpha value is -3.61. The number of nitrogens with zero attached hydrogens (tertiary/aromatic N) is 3. The van der Waals surface area contributed by atoms with Crippen LogP contribution in [-0.4, -0.2) is 20.5 Å². The van der Waals surface area contributed by atoms with E-state index in [2.05, 4.69) is 20.3 Å². The minimum Gasteiger partial charge on any atom is -0.370 e. The lowest BCUT2D eigenvalue weighted by Crippen LogP contribution is -2.34. The lowest BCUT2D eigenvalue weighted by atomic mass is 10.1. The quantitative estimate of drug-likeness (QED) is 0.498. The average molecular weight is 330 g/mol. The molecule has 122 valence electrons. The summed E-state index contributed by atoms with van der Waals surface area (Å²) in [5, 5.41) is 4.51. The number of benzene rings is 2. The summed E-state index contributed by atoms with van der Waals surface area (Å²) in [7, 11) is 0. The van der Waals surface area contributed by atoms with Crippen LogP contribution in [0.4, 0.5) is 5.95 Å². The number of anilines is 1. The van der Waals surface area contributed by atoms with Crippen LogP contribution in [0.5, 0.6) is 0 Å². The molecule has 0 radical (unpaired) electrons. The molecule has 7 nitrogen and oxygen atoms in total. The van der Waals surface area contributed by atoms with Crippen molar-refractivity contribution in [2.45, 2.75) is 6.17 Å². The number of H-pyrrole nitrogens is 1. The molecule has 4 N–H and O–H groups in total. The molecular formula is C18H14N6O. The highest BCUT2D eigenvalue weighted by Crippen LogP contribution is 2.33. The molecule has 0 spiro atoms. The summed E-state index contributed by atoms with van der Waals surface area (Å²) < 4.78 is 1.91. The fraction of sp³-hybridized carbons (Fsp3) is 0.0556. The Balaban J connectivity index is 1.87. The summed E-state index contributed by atoms with van der Waals surface area (Å²) in [6.45, 7) is 0. The fourth-order valence-electron chi connectivity index (χ4n) is 3.38. The van der Waals surface area contributed by atoms with Crippen molar-refractivity contribution in [2.24, 2.45) is 10.7 Å². The van der Waals surface area contributed by atoms with Crippen LogP contribution in [-0.2, 0) is 0 Å². The van der Waals surface area contributed by atoms with Crippen LogP contribution in [0, 0.1) is 0 Å². The van der Waals surface area contributed by atoms with E-state index in [1.165, 1.54) is 0 Å². The van der Waals surface area contributed by atoms with Gasteiger partial charge in [-0.15, -0.1) is 0 Å². The van der Waals surface area contributed by atoms with E-state index in [0.717, 1.165) is 22.0 Å². The number of nitrogens with two attached hydrogens (primary N) is 1. The van der Waals surface area contributed by atoms with Gasteiger partial charge in [0, 0.05) is 22.7 Å². The zero-order chi connectivity index (χ0) is 17.0. The number of hydrogen-bond acceptors (Lipinski definition) is 5. The maximum atomic E-state index is 12.3. The van der Waals surface area contributed by atoms with Crippen LogP contribution in [0.25, 0.3) is 21.8 Å². The Bertz CT molecular complexity index is 1220. The molecule has 4 aromatic rings. The molecule has 2 aromatic carbocycles. The summed E-state index contributed by atoms with van der Waals surface area (Å²) in [6, 6.07) is 15.4. The van der Waals surface area contributed by atoms with E-state index in [1.54, 1.807) is 6.07 Å². The van der Waals surface area contributed by atoms with Crippen molar-refractivity contribution >= 4 is 33.7 Å². The summed E-state index contributed by atoms with van der Waals surface area (Å²) in [4.78, 5) is 24.3. The number of nitrogens with one attached hydrogen (secondary N) is 2. The van der Waals surface area contributed by atoms with E-state index in [1.807, 2.05) is 53.2 Å². The zero-order valence-electron chi connectivity index (χ0n) is 13.1. The van der Waals surface area contributed by atoms with Gasteiger partial charge in [-0.2, -0.15) is 4.98 Å². The van der Waals surface area contributed by atoms with E-state index in [9.17, 15) is 4.79 Å². The number of guanidine groups is 1. The minimum atomic E-state index is -0.412. The summed E-state index contributed by atoms with van der Waals surface area (Å²) in [5.74, 6) is 0.629. The van der Waals surface area contributed by atoms with Crippen LogP contribution < -0.4 is 16.6 Å². The van der Waals surface area contributed by atoms with Crippen LogP contribution in [0.2, 0.25) is 0 Å². The van der Waals surface area contributed by atoms with Crippen molar-refractivity contribution < 1.29 is 0 Å². The molecule has 0 saturated heterocycles. The van der Waals surface area contributed by atoms with Crippen LogP contribution in [0.15, 0.2) is 64.5 Å². The number of para-hydroxylation sites is 2. The molecule has 0 amide bonds. The molecule has 1 aliphatic heterocycles. The number of aromatic amines is 1. The van der Waals surface area contributed by atoms with Crippen molar-refractivity contribution in [3.63, 3.8) is 0 Å². The van der Waals surface area contributed by atoms with Gasteiger partial charge in [0.1, 0.15) is 0 Å². The van der Waals surface area contributed by atoms with Gasteiger partial charge in [-0.3, -0.25) is 14.7 Å². The standard InChI is InChI=1S/C18H14N6O/c19-17-21-15(12-9-20-13-7-3-1-5-10(12)13)24-14-8-4-2-6-11(14)16(25)22-18(24)23-17/h1-9,15,20H,(H3,19,21,22,23,25)/t15-/m1/s1. The molecule has 1 atom stereocenters. The highest BCUT2D eigenvalue weighted by Gasteiger charge is 2.26. The first-order chi connectivity index (χ1) is 12.2. The van der Waals surface area contributed by atoms with Crippen molar-refractivity contribution in [3.05, 3.63) is 70.6 Å². The van der Waals surface area contributed by atoms with Crippen LogP contribution >= 0.6 is 0 Å². The van der Waals surface area contributed by atoms with Crippen molar-refractivity contribution in [1.82, 2.24) is 14.5 Å². The Morgan fingerprint density at radius 2 is 1.80 bits per heavy atom. The Kier molecular flexibility index (Phi) is 2.73. The Labute approximate surface area is 141 Å². The summed E-state index contributed by atoms with van der Waals surface area (Å²) >= 11 is 0. The van der Waals surface area contributed by atoms with E-state index in [4.69, 9.17) is 5.73 Å². The first-order valence-electron chi connectivity index (χ1n) is 7.90. The minimum absolute atomic E-state index is 0.234. The highest BCUT2D eigenvalue weighted by atomic mass is 16.1. The highest BCUT2D eigenvalue weighted by molar-refractivity contribution is 5.94. The maximum Gasteiger partial charge on any atom is 0.282 e. The maximum absolute atomic E-state index is 12.3.